The van der Waals surface area contributed by atoms with Gasteiger partial charge in [-0.3, -0.25) is 9.78 Å². The molecule has 2 aromatic rings. The summed E-state index contributed by atoms with van der Waals surface area (Å²) in [6.45, 7) is 1.75. The minimum Gasteiger partial charge on any atom is -0.304 e. The molecule has 0 aromatic carbocycles. The second-order valence-corrected chi connectivity index (χ2v) is 4.72. The molecule has 1 saturated carbocycles. The second-order valence-electron chi connectivity index (χ2n) is 4.33. The van der Waals surface area contributed by atoms with Crippen molar-refractivity contribution in [3.63, 3.8) is 0 Å². The molecule has 17 heavy (non-hydrogen) atoms. The molecule has 0 unspecified atom stereocenters. The third-order valence-electron chi connectivity index (χ3n) is 2.97. The first-order chi connectivity index (χ1) is 8.34. The molecular weight excluding hydrogens is 236 g/mol. The lowest BCUT2D eigenvalue weighted by molar-refractivity contribution is 0.504. The second kappa shape index (κ2) is 4.40. The van der Waals surface area contributed by atoms with E-state index >= 15 is 0 Å². The monoisotopic (exact) mass is 250 g/mol. The topological polar surface area (TPSA) is 64.3 Å². The van der Waals surface area contributed by atoms with E-state index in [-0.39, 0.29) is 0 Å². The lowest BCUT2D eigenvalue weighted by Crippen LogP contribution is -2.07. The molecule has 0 saturated heterocycles. The first-order valence-corrected chi connectivity index (χ1v) is 6.24. The van der Waals surface area contributed by atoms with Gasteiger partial charge in [0.05, 0.1) is 6.20 Å². The predicted molar refractivity (Wildman–Crippen MR) is 64.0 cm³/mol. The summed E-state index contributed by atoms with van der Waals surface area (Å²) in [5, 5.41) is 14.9. The van der Waals surface area contributed by atoms with Crippen LogP contribution in [-0.2, 0) is 13.1 Å². The molecule has 0 atom stereocenters. The Morgan fingerprint density at radius 3 is 3.00 bits per heavy atom. The van der Waals surface area contributed by atoms with Gasteiger partial charge in [0.15, 0.2) is 4.77 Å². The molecule has 2 heterocycles. The summed E-state index contributed by atoms with van der Waals surface area (Å²) < 4.78 is 4.68. The molecule has 6 nitrogen and oxygen atoms in total. The van der Waals surface area contributed by atoms with Gasteiger partial charge in [0, 0.05) is 25.2 Å². The lowest BCUT2D eigenvalue weighted by atomic mass is 10.3. The van der Waals surface area contributed by atoms with Gasteiger partial charge in [0.25, 0.3) is 0 Å². The fourth-order valence-corrected chi connectivity index (χ4v) is 2.17. The fraction of sp³-hybridized carbons (Fsp3) is 0.600. The van der Waals surface area contributed by atoms with Crippen molar-refractivity contribution in [2.24, 2.45) is 0 Å². The van der Waals surface area contributed by atoms with Crippen LogP contribution >= 0.6 is 12.2 Å². The average Bonchev–Trinajstić information content (AvgIpc) is 2.91. The van der Waals surface area contributed by atoms with Gasteiger partial charge in [0.1, 0.15) is 5.82 Å². The minimum atomic E-state index is 0.620. The highest BCUT2D eigenvalue weighted by Gasteiger charge is 2.28. The van der Waals surface area contributed by atoms with Gasteiger partial charge in [-0.25, -0.2) is 0 Å². The van der Waals surface area contributed by atoms with Gasteiger partial charge in [0.2, 0.25) is 0 Å². The molecule has 3 rings (SSSR count). The van der Waals surface area contributed by atoms with Gasteiger partial charge >= 0.3 is 0 Å². The number of hydrogen-bond donors (Lipinski definition) is 1. The highest BCUT2D eigenvalue weighted by atomic mass is 32.1. The molecule has 7 heteroatoms. The van der Waals surface area contributed by atoms with E-state index in [1.165, 1.54) is 12.8 Å². The van der Waals surface area contributed by atoms with Gasteiger partial charge in [-0.1, -0.05) is 5.21 Å². The van der Waals surface area contributed by atoms with E-state index in [2.05, 4.69) is 25.1 Å². The summed E-state index contributed by atoms with van der Waals surface area (Å²) in [4.78, 5) is 0. The van der Waals surface area contributed by atoms with Crippen LogP contribution in [0.5, 0.6) is 0 Å². The number of nitrogens with zero attached hydrogens (tertiary/aromatic N) is 5. The van der Waals surface area contributed by atoms with E-state index < -0.39 is 0 Å². The zero-order valence-corrected chi connectivity index (χ0v) is 10.2. The van der Waals surface area contributed by atoms with Crippen molar-refractivity contribution in [3.8, 4) is 0 Å². The number of rotatable bonds is 5. The zero-order chi connectivity index (χ0) is 11.7. The number of hydrogen-bond acceptors (Lipinski definition) is 4. The zero-order valence-electron chi connectivity index (χ0n) is 9.41. The highest BCUT2D eigenvalue weighted by Crippen LogP contribution is 2.38. The van der Waals surface area contributed by atoms with Gasteiger partial charge in [-0.15, -0.1) is 5.10 Å². The number of aryl methyl sites for hydroxylation is 1. The average molecular weight is 250 g/mol. The summed E-state index contributed by atoms with van der Waals surface area (Å²) in [6, 6.07) is 0. The fourth-order valence-electron chi connectivity index (χ4n) is 1.94. The van der Waals surface area contributed by atoms with Crippen molar-refractivity contribution < 1.29 is 0 Å². The maximum absolute atomic E-state index is 5.24. The molecule has 1 aliphatic carbocycles. The molecule has 0 radical (unpaired) electrons. The van der Waals surface area contributed by atoms with E-state index in [0.29, 0.717) is 5.92 Å². The van der Waals surface area contributed by atoms with E-state index in [9.17, 15) is 0 Å². The van der Waals surface area contributed by atoms with Crippen LogP contribution < -0.4 is 0 Å². The Hall–Kier alpha value is -1.50. The normalized spacial score (nSPS) is 15.3. The summed E-state index contributed by atoms with van der Waals surface area (Å²) in [5.74, 6) is 1.74. The largest absolute Gasteiger partial charge is 0.304 e. The first-order valence-electron chi connectivity index (χ1n) is 5.84. The molecule has 0 amide bonds. The summed E-state index contributed by atoms with van der Waals surface area (Å²) in [6.07, 6.45) is 7.03. The molecular formula is C10H14N6S. The molecule has 1 fully saturated rings. The molecule has 0 aliphatic heterocycles. The minimum absolute atomic E-state index is 0.620. The number of H-pyrrole nitrogens is 1. The quantitative estimate of drug-likeness (QED) is 0.817. The third-order valence-corrected chi connectivity index (χ3v) is 3.28. The Morgan fingerprint density at radius 1 is 1.41 bits per heavy atom. The van der Waals surface area contributed by atoms with Crippen LogP contribution in [0, 0.1) is 4.77 Å². The van der Waals surface area contributed by atoms with Crippen LogP contribution in [0.4, 0.5) is 0 Å². The van der Waals surface area contributed by atoms with Crippen LogP contribution in [0.3, 0.4) is 0 Å². The van der Waals surface area contributed by atoms with Crippen LogP contribution in [0.2, 0.25) is 0 Å². The summed E-state index contributed by atoms with van der Waals surface area (Å²) in [7, 11) is 0. The van der Waals surface area contributed by atoms with Crippen molar-refractivity contribution >= 4 is 12.2 Å². The van der Waals surface area contributed by atoms with Crippen molar-refractivity contribution in [1.29, 1.82) is 0 Å². The maximum Gasteiger partial charge on any atom is 0.195 e. The Morgan fingerprint density at radius 2 is 2.29 bits per heavy atom. The van der Waals surface area contributed by atoms with Crippen molar-refractivity contribution in [2.45, 2.75) is 38.3 Å². The Labute approximate surface area is 104 Å². The van der Waals surface area contributed by atoms with E-state index in [4.69, 9.17) is 12.2 Å². The molecule has 90 valence electrons. The standard InChI is InChI=1S/C10H14N6S/c17-10-13-12-9(8-2-3-8)16(10)6-1-5-15-7-4-11-14-15/h4,7-8H,1-3,5-6H2,(H,13,17). The number of nitrogens with one attached hydrogen (secondary N) is 1. The smallest absolute Gasteiger partial charge is 0.195 e. The van der Waals surface area contributed by atoms with E-state index in [1.807, 2.05) is 10.9 Å². The highest BCUT2D eigenvalue weighted by molar-refractivity contribution is 7.71. The van der Waals surface area contributed by atoms with Crippen LogP contribution in [0.15, 0.2) is 12.4 Å². The van der Waals surface area contributed by atoms with Gasteiger partial charge < -0.3 is 4.57 Å². The first kappa shape index (κ1) is 10.6. The molecule has 1 aliphatic rings. The molecule has 1 N–H and O–H groups in total. The van der Waals surface area contributed by atoms with E-state index in [0.717, 1.165) is 30.1 Å². The van der Waals surface area contributed by atoms with E-state index in [1.54, 1.807) is 6.20 Å². The Kier molecular flexibility index (Phi) is 2.76. The lowest BCUT2D eigenvalue weighted by Gasteiger charge is -2.05. The summed E-state index contributed by atoms with van der Waals surface area (Å²) >= 11 is 5.24. The Bertz CT molecular complexity index is 535. The number of aromatic amines is 1. The molecule has 0 bridgehead atoms. The molecule has 2 aromatic heterocycles. The van der Waals surface area contributed by atoms with Crippen molar-refractivity contribution in [3.05, 3.63) is 23.0 Å². The van der Waals surface area contributed by atoms with Crippen LogP contribution in [0.25, 0.3) is 0 Å². The van der Waals surface area contributed by atoms with Crippen molar-refractivity contribution in [1.82, 2.24) is 29.8 Å². The Balaban J connectivity index is 1.64. The number of aromatic nitrogens is 6. The van der Waals surface area contributed by atoms with Crippen molar-refractivity contribution in [2.75, 3.05) is 0 Å². The third kappa shape index (κ3) is 2.28. The van der Waals surface area contributed by atoms with Gasteiger partial charge in [-0.05, 0) is 31.5 Å². The van der Waals surface area contributed by atoms with Crippen LogP contribution in [0.1, 0.15) is 31.0 Å². The summed E-state index contributed by atoms with van der Waals surface area (Å²) in [5.41, 5.74) is 0. The maximum atomic E-state index is 5.24. The van der Waals surface area contributed by atoms with Crippen LogP contribution in [-0.4, -0.2) is 29.8 Å². The molecule has 0 spiro atoms. The predicted octanol–water partition coefficient (Wildman–Crippen LogP) is 1.50. The van der Waals surface area contributed by atoms with Gasteiger partial charge in [-0.2, -0.15) is 5.10 Å². The SMILES string of the molecule is S=c1[nH]nc(C2CC2)n1CCCn1ccnn1.